The zero-order valence-corrected chi connectivity index (χ0v) is 12.7. The summed E-state index contributed by atoms with van der Waals surface area (Å²) in [6.45, 7) is 3.38. The second-order valence-corrected chi connectivity index (χ2v) is 6.33. The Morgan fingerprint density at radius 1 is 1.43 bits per heavy atom. The average Bonchev–Trinajstić information content (AvgIpc) is 2.49. The van der Waals surface area contributed by atoms with Crippen LogP contribution in [-0.2, 0) is 4.74 Å². The lowest BCUT2D eigenvalue weighted by Gasteiger charge is -2.40. The Morgan fingerprint density at radius 3 is 2.67 bits per heavy atom. The molecule has 5 nitrogen and oxygen atoms in total. The predicted molar refractivity (Wildman–Crippen MR) is 79.8 cm³/mol. The number of aliphatic hydroxyl groups excluding tert-OH is 1. The van der Waals surface area contributed by atoms with Gasteiger partial charge in [0.05, 0.1) is 12.7 Å². The fraction of sp³-hybridized carbons (Fsp3) is 0.571. The van der Waals surface area contributed by atoms with Crippen molar-refractivity contribution >= 4 is 11.8 Å². The van der Waals surface area contributed by atoms with Crippen LogP contribution >= 0.6 is 11.8 Å². The highest BCUT2D eigenvalue weighted by molar-refractivity contribution is 7.99. The van der Waals surface area contributed by atoms with Gasteiger partial charge in [-0.1, -0.05) is 41.5 Å². The summed E-state index contributed by atoms with van der Waals surface area (Å²) in [5.41, 5.74) is 9.12. The van der Waals surface area contributed by atoms with Crippen LogP contribution in [0.4, 0.5) is 4.39 Å². The molecule has 21 heavy (non-hydrogen) atoms. The van der Waals surface area contributed by atoms with Crippen LogP contribution in [0, 0.1) is 12.8 Å². The van der Waals surface area contributed by atoms with Gasteiger partial charge in [-0.25, -0.2) is 4.39 Å². The Labute approximate surface area is 127 Å². The van der Waals surface area contributed by atoms with Crippen LogP contribution in [0.25, 0.3) is 10.4 Å². The summed E-state index contributed by atoms with van der Waals surface area (Å²) in [5.74, 6) is -0.514. The van der Waals surface area contributed by atoms with E-state index in [1.54, 1.807) is 6.92 Å². The molecule has 1 aromatic carbocycles. The molecule has 0 aliphatic carbocycles. The van der Waals surface area contributed by atoms with E-state index in [1.165, 1.54) is 11.8 Å². The van der Waals surface area contributed by atoms with Crippen LogP contribution in [-0.4, -0.2) is 35.5 Å². The molecule has 114 valence electrons. The molecule has 0 unspecified atom stereocenters. The van der Waals surface area contributed by atoms with Gasteiger partial charge in [0.15, 0.2) is 0 Å². The number of halogens is 1. The van der Waals surface area contributed by atoms with E-state index >= 15 is 0 Å². The van der Waals surface area contributed by atoms with Crippen molar-refractivity contribution in [2.24, 2.45) is 11.0 Å². The van der Waals surface area contributed by atoms with Crippen LogP contribution in [0.1, 0.15) is 12.5 Å². The van der Waals surface area contributed by atoms with Crippen molar-refractivity contribution in [3.63, 3.8) is 0 Å². The maximum Gasteiger partial charge on any atom is 0.119 e. The first-order valence-electron chi connectivity index (χ1n) is 6.74. The minimum Gasteiger partial charge on any atom is -0.394 e. The summed E-state index contributed by atoms with van der Waals surface area (Å²) in [4.78, 5) is 3.64. The van der Waals surface area contributed by atoms with Crippen molar-refractivity contribution in [2.45, 2.75) is 42.5 Å². The van der Waals surface area contributed by atoms with Gasteiger partial charge in [0.1, 0.15) is 17.6 Å². The number of hydrogen-bond acceptors (Lipinski definition) is 4. The molecule has 7 heteroatoms. The second-order valence-electron chi connectivity index (χ2n) is 5.16. The number of ether oxygens (including phenoxy) is 1. The molecule has 1 saturated heterocycles. The van der Waals surface area contributed by atoms with Crippen LogP contribution in [0.5, 0.6) is 0 Å². The first kappa shape index (κ1) is 16.1. The van der Waals surface area contributed by atoms with Crippen molar-refractivity contribution in [2.75, 3.05) is 6.61 Å². The van der Waals surface area contributed by atoms with Crippen molar-refractivity contribution in [1.29, 1.82) is 0 Å². The van der Waals surface area contributed by atoms with E-state index in [9.17, 15) is 9.50 Å². The monoisotopic (exact) mass is 311 g/mol. The van der Waals surface area contributed by atoms with Crippen molar-refractivity contribution in [1.82, 2.24) is 0 Å². The number of aryl methyl sites for hydroxylation is 1. The minimum absolute atomic E-state index is 0.254. The largest absolute Gasteiger partial charge is 0.394 e. The third-order valence-corrected chi connectivity index (χ3v) is 4.81. The van der Waals surface area contributed by atoms with Gasteiger partial charge >= 0.3 is 0 Å². The Morgan fingerprint density at radius 2 is 2.10 bits per heavy atom. The van der Waals surface area contributed by atoms with Crippen LogP contribution in [0.15, 0.2) is 34.3 Å². The molecule has 0 amide bonds. The van der Waals surface area contributed by atoms with Crippen molar-refractivity contribution < 1.29 is 14.2 Å². The fourth-order valence-corrected chi connectivity index (χ4v) is 3.38. The fourth-order valence-electron chi connectivity index (χ4n) is 2.28. The number of hydrogen-bond donors (Lipinski definition) is 1. The van der Waals surface area contributed by atoms with E-state index in [0.717, 1.165) is 10.5 Å². The summed E-state index contributed by atoms with van der Waals surface area (Å²) >= 11 is 1.31. The molecule has 0 saturated carbocycles. The van der Waals surface area contributed by atoms with Crippen LogP contribution in [0.2, 0.25) is 0 Å². The maximum absolute atomic E-state index is 14.4. The summed E-state index contributed by atoms with van der Waals surface area (Å²) in [7, 11) is 0. The molecular formula is C14H18FN3O2S. The second kappa shape index (κ2) is 7.13. The van der Waals surface area contributed by atoms with Gasteiger partial charge in [0.25, 0.3) is 0 Å². The van der Waals surface area contributed by atoms with Gasteiger partial charge in [-0.05, 0) is 24.6 Å². The SMILES string of the molecule is Cc1ccc(S[C@@H]2O[C@H](CO)[C@@H](C)[C@H](F)[C@H]2N=[N+]=[N-])cc1. The van der Waals surface area contributed by atoms with Crippen LogP contribution in [0.3, 0.4) is 0 Å². The Bertz CT molecular complexity index is 521. The van der Waals surface area contributed by atoms with Gasteiger partial charge in [-0.15, -0.1) is 0 Å². The zero-order valence-electron chi connectivity index (χ0n) is 11.9. The smallest absolute Gasteiger partial charge is 0.119 e. The highest BCUT2D eigenvalue weighted by Gasteiger charge is 2.44. The first-order chi connectivity index (χ1) is 10.1. The molecule has 1 aromatic rings. The number of alkyl halides is 1. The summed E-state index contributed by atoms with van der Waals surface area (Å²) in [6, 6.07) is 6.82. The van der Waals surface area contributed by atoms with Gasteiger partial charge in [-0.3, -0.25) is 0 Å². The molecular weight excluding hydrogens is 293 g/mol. The van der Waals surface area contributed by atoms with Gasteiger partial charge < -0.3 is 9.84 Å². The number of nitrogens with zero attached hydrogens (tertiary/aromatic N) is 3. The summed E-state index contributed by atoms with van der Waals surface area (Å²) in [6.07, 6.45) is -1.93. The first-order valence-corrected chi connectivity index (χ1v) is 7.62. The molecule has 1 aliphatic rings. The molecule has 1 aliphatic heterocycles. The van der Waals surface area contributed by atoms with Crippen molar-refractivity contribution in [3.05, 3.63) is 40.3 Å². The maximum atomic E-state index is 14.4. The minimum atomic E-state index is -1.34. The average molecular weight is 311 g/mol. The topological polar surface area (TPSA) is 78.2 Å². The number of azide groups is 1. The highest BCUT2D eigenvalue weighted by Crippen LogP contribution is 2.38. The normalized spacial score (nSPS) is 32.5. The van der Waals surface area contributed by atoms with E-state index in [2.05, 4.69) is 10.0 Å². The predicted octanol–water partition coefficient (Wildman–Crippen LogP) is 3.46. The molecule has 0 aromatic heterocycles. The van der Waals surface area contributed by atoms with E-state index in [4.69, 9.17) is 10.3 Å². The Balaban J connectivity index is 2.20. The van der Waals surface area contributed by atoms with E-state index in [-0.39, 0.29) is 6.61 Å². The third kappa shape index (κ3) is 3.68. The van der Waals surface area contributed by atoms with E-state index in [0.29, 0.717) is 0 Å². The molecule has 5 atom stereocenters. The van der Waals surface area contributed by atoms with Crippen molar-refractivity contribution in [3.8, 4) is 0 Å². The zero-order chi connectivity index (χ0) is 15.4. The third-order valence-electron chi connectivity index (χ3n) is 3.64. The molecule has 1 fully saturated rings. The number of thioether (sulfide) groups is 1. The van der Waals surface area contributed by atoms with Gasteiger partial charge in [0.2, 0.25) is 0 Å². The number of aliphatic hydroxyl groups is 1. The molecule has 0 radical (unpaired) electrons. The molecule has 0 spiro atoms. The number of rotatable bonds is 4. The van der Waals surface area contributed by atoms with E-state index < -0.39 is 29.7 Å². The highest BCUT2D eigenvalue weighted by atomic mass is 32.2. The van der Waals surface area contributed by atoms with Gasteiger partial charge in [0, 0.05) is 15.7 Å². The quantitative estimate of drug-likeness (QED) is 0.525. The molecule has 1 N–H and O–H groups in total. The van der Waals surface area contributed by atoms with Gasteiger partial charge in [-0.2, -0.15) is 0 Å². The van der Waals surface area contributed by atoms with Crippen LogP contribution < -0.4 is 0 Å². The lowest BCUT2D eigenvalue weighted by Crippen LogP contribution is -2.50. The number of benzene rings is 1. The molecule has 1 heterocycles. The summed E-state index contributed by atoms with van der Waals surface area (Å²) in [5, 5.41) is 12.9. The Kier molecular flexibility index (Phi) is 5.47. The Hall–Kier alpha value is -1.27. The lowest BCUT2D eigenvalue weighted by atomic mass is 9.92. The van der Waals surface area contributed by atoms with E-state index in [1.807, 2.05) is 31.2 Å². The molecule has 2 rings (SSSR count). The molecule has 0 bridgehead atoms. The standard InChI is InChI=1S/C14H18FN3O2S/c1-8-3-5-10(6-4-8)21-14-13(17-18-16)12(15)9(2)11(7-19)20-14/h3-6,9,11-14,19H,7H2,1-2H3/t9-,11-,12+,13-,14+/m1/s1. The summed E-state index contributed by atoms with van der Waals surface area (Å²) < 4.78 is 20.1. The lowest BCUT2D eigenvalue weighted by molar-refractivity contribution is -0.105.